The number of esters is 1. The van der Waals surface area contributed by atoms with E-state index in [2.05, 4.69) is 5.10 Å². The van der Waals surface area contributed by atoms with Crippen LogP contribution >= 0.6 is 11.6 Å². The van der Waals surface area contributed by atoms with Crippen LogP contribution in [0, 0.1) is 0 Å². The average Bonchev–Trinajstić information content (AvgIpc) is 3.17. The Kier molecular flexibility index (Phi) is 5.68. The smallest absolute Gasteiger partial charge is 0.339 e. The number of aromatic nitrogens is 3. The van der Waals surface area contributed by atoms with Crippen LogP contribution in [0.4, 0.5) is 0 Å². The number of benzene rings is 2. The van der Waals surface area contributed by atoms with Crippen LogP contribution in [0.3, 0.4) is 0 Å². The lowest BCUT2D eigenvalue weighted by Gasteiger charge is -2.12. The number of fused-ring (bicyclic) bond motifs is 1. The zero-order chi connectivity index (χ0) is 22.0. The molecule has 0 radical (unpaired) electrons. The molecule has 0 unspecified atom stereocenters. The van der Waals surface area contributed by atoms with E-state index < -0.39 is 18.0 Å². The monoisotopic (exact) mass is 434 g/mol. The quantitative estimate of drug-likeness (QED) is 0.465. The fourth-order valence-electron chi connectivity index (χ4n) is 3.13. The molecule has 156 valence electrons. The van der Waals surface area contributed by atoms with Gasteiger partial charge in [0.25, 0.3) is 5.91 Å². The van der Waals surface area contributed by atoms with Crippen molar-refractivity contribution in [2.45, 2.75) is 19.6 Å². The molecular weight excluding hydrogens is 416 g/mol. The molecule has 1 atom stereocenters. The average molecular weight is 435 g/mol. The largest absolute Gasteiger partial charge is 0.449 e. The molecule has 0 aliphatic rings. The van der Waals surface area contributed by atoms with E-state index in [1.165, 1.54) is 6.92 Å². The zero-order valence-corrected chi connectivity index (χ0v) is 17.4. The molecule has 4 aromatic rings. The first-order chi connectivity index (χ1) is 14.9. The van der Waals surface area contributed by atoms with E-state index in [-0.39, 0.29) is 5.56 Å². The highest BCUT2D eigenvalue weighted by Crippen LogP contribution is 2.26. The van der Waals surface area contributed by atoms with Gasteiger partial charge in [0.15, 0.2) is 11.8 Å². The van der Waals surface area contributed by atoms with Crippen molar-refractivity contribution in [2.75, 3.05) is 0 Å². The second kappa shape index (κ2) is 8.57. The number of amides is 1. The van der Waals surface area contributed by atoms with Gasteiger partial charge in [-0.05, 0) is 30.7 Å². The maximum absolute atomic E-state index is 12.9. The maximum atomic E-state index is 12.9. The third kappa shape index (κ3) is 4.41. The summed E-state index contributed by atoms with van der Waals surface area (Å²) in [6, 6.07) is 18.5. The summed E-state index contributed by atoms with van der Waals surface area (Å²) in [6.45, 7) is 1.87. The summed E-state index contributed by atoms with van der Waals surface area (Å²) in [4.78, 5) is 29.0. The molecule has 0 aliphatic heterocycles. The number of hydrogen-bond donors (Lipinski definition) is 1. The number of rotatable bonds is 6. The van der Waals surface area contributed by atoms with E-state index >= 15 is 0 Å². The lowest BCUT2D eigenvalue weighted by Crippen LogP contribution is -2.30. The number of nitrogens with zero attached hydrogens (tertiary/aromatic N) is 3. The molecular formula is C23H19ClN4O3. The molecule has 31 heavy (non-hydrogen) atoms. The molecule has 0 bridgehead atoms. The van der Waals surface area contributed by atoms with Crippen LogP contribution in [-0.2, 0) is 16.1 Å². The molecule has 2 heterocycles. The normalized spacial score (nSPS) is 11.9. The van der Waals surface area contributed by atoms with Crippen LogP contribution in [0.2, 0.25) is 5.02 Å². The number of nitrogens with two attached hydrogens (primary N) is 1. The van der Waals surface area contributed by atoms with Crippen molar-refractivity contribution in [3.8, 4) is 11.3 Å². The molecule has 0 aliphatic carbocycles. The Morgan fingerprint density at radius 2 is 1.84 bits per heavy atom. The van der Waals surface area contributed by atoms with Crippen LogP contribution in [-0.4, -0.2) is 32.7 Å². The van der Waals surface area contributed by atoms with Gasteiger partial charge in [-0.2, -0.15) is 5.10 Å². The number of hydrogen-bond acceptors (Lipinski definition) is 5. The fraction of sp³-hybridized carbons (Fsp3) is 0.130. The van der Waals surface area contributed by atoms with E-state index in [0.717, 1.165) is 11.1 Å². The number of carbonyl (C=O) groups is 2. The number of ether oxygens (including phenoxy) is 1. The van der Waals surface area contributed by atoms with E-state index in [4.69, 9.17) is 27.1 Å². The Bertz CT molecular complexity index is 1250. The molecule has 4 rings (SSSR count). The second-order valence-corrected chi connectivity index (χ2v) is 7.47. The molecule has 2 aromatic heterocycles. The highest BCUT2D eigenvalue weighted by atomic mass is 35.5. The number of primary amides is 1. The van der Waals surface area contributed by atoms with E-state index in [9.17, 15) is 9.59 Å². The standard InChI is InChI=1S/C23H19ClN4O3/c1-14(21(25)29)31-23(30)18-11-20(16-5-3-2-4-6-16)27-22-19(18)12-26-28(22)13-15-7-9-17(24)10-8-15/h2-12,14H,13H2,1H3,(H2,25,29)/t14-/m0/s1. The number of pyridine rings is 1. The molecule has 0 spiro atoms. The minimum Gasteiger partial charge on any atom is -0.449 e. The first kappa shape index (κ1) is 20.6. The lowest BCUT2D eigenvalue weighted by atomic mass is 10.1. The third-order valence-corrected chi connectivity index (χ3v) is 5.08. The van der Waals surface area contributed by atoms with Gasteiger partial charge in [0.05, 0.1) is 29.4 Å². The van der Waals surface area contributed by atoms with Gasteiger partial charge in [-0.15, -0.1) is 0 Å². The van der Waals surface area contributed by atoms with E-state index in [1.807, 2.05) is 42.5 Å². The Balaban J connectivity index is 1.82. The summed E-state index contributed by atoms with van der Waals surface area (Å²) in [5.41, 5.74) is 8.43. The highest BCUT2D eigenvalue weighted by molar-refractivity contribution is 6.30. The Hall–Kier alpha value is -3.71. The maximum Gasteiger partial charge on any atom is 0.339 e. The second-order valence-electron chi connectivity index (χ2n) is 7.04. The Labute approximate surface area is 183 Å². The Morgan fingerprint density at radius 1 is 1.13 bits per heavy atom. The van der Waals surface area contributed by atoms with E-state index in [0.29, 0.717) is 28.3 Å². The van der Waals surface area contributed by atoms with Crippen LogP contribution < -0.4 is 5.73 Å². The predicted octanol–water partition coefficient (Wildman–Crippen LogP) is 3.83. The third-order valence-electron chi connectivity index (χ3n) is 4.83. The van der Waals surface area contributed by atoms with Crippen molar-refractivity contribution in [1.82, 2.24) is 14.8 Å². The van der Waals surface area contributed by atoms with Gasteiger partial charge in [0, 0.05) is 10.6 Å². The summed E-state index contributed by atoms with van der Waals surface area (Å²) in [5.74, 6) is -1.39. The Morgan fingerprint density at radius 3 is 2.52 bits per heavy atom. The van der Waals surface area contributed by atoms with Gasteiger partial charge in [-0.25, -0.2) is 14.5 Å². The fourth-order valence-corrected chi connectivity index (χ4v) is 3.26. The summed E-state index contributed by atoms with van der Waals surface area (Å²) in [6.07, 6.45) is 0.512. The first-order valence-corrected chi connectivity index (χ1v) is 9.97. The summed E-state index contributed by atoms with van der Waals surface area (Å²) in [5, 5.41) is 5.60. The molecule has 1 amide bonds. The molecule has 0 saturated carbocycles. The SMILES string of the molecule is C[C@H](OC(=O)c1cc(-c2ccccc2)nc2c1cnn2Cc1ccc(Cl)cc1)C(N)=O. The molecule has 7 nitrogen and oxygen atoms in total. The van der Waals surface area contributed by atoms with Gasteiger partial charge < -0.3 is 10.5 Å². The minimum atomic E-state index is -1.06. The van der Waals surface area contributed by atoms with Gasteiger partial charge in [-0.3, -0.25) is 4.79 Å². The highest BCUT2D eigenvalue weighted by Gasteiger charge is 2.22. The summed E-state index contributed by atoms with van der Waals surface area (Å²) < 4.78 is 6.95. The van der Waals surface area contributed by atoms with Crippen molar-refractivity contribution < 1.29 is 14.3 Å². The predicted molar refractivity (Wildman–Crippen MR) is 118 cm³/mol. The van der Waals surface area contributed by atoms with Crippen LogP contribution in [0.1, 0.15) is 22.8 Å². The topological polar surface area (TPSA) is 100 Å². The molecule has 0 fully saturated rings. The van der Waals surface area contributed by atoms with Gasteiger partial charge >= 0.3 is 5.97 Å². The van der Waals surface area contributed by atoms with Crippen LogP contribution in [0.25, 0.3) is 22.3 Å². The minimum absolute atomic E-state index is 0.263. The first-order valence-electron chi connectivity index (χ1n) is 9.59. The molecule has 0 saturated heterocycles. The van der Waals surface area contributed by atoms with Gasteiger partial charge in [-0.1, -0.05) is 54.1 Å². The summed E-state index contributed by atoms with van der Waals surface area (Å²) >= 11 is 5.98. The van der Waals surface area contributed by atoms with Crippen LogP contribution in [0.5, 0.6) is 0 Å². The van der Waals surface area contributed by atoms with Crippen molar-refractivity contribution in [1.29, 1.82) is 0 Å². The number of carbonyl (C=O) groups excluding carboxylic acids is 2. The molecule has 2 aromatic carbocycles. The van der Waals surface area contributed by atoms with Crippen molar-refractivity contribution in [3.63, 3.8) is 0 Å². The molecule has 8 heteroatoms. The van der Waals surface area contributed by atoms with Crippen molar-refractivity contribution >= 4 is 34.5 Å². The van der Waals surface area contributed by atoms with Gasteiger partial charge in [0.2, 0.25) is 0 Å². The van der Waals surface area contributed by atoms with E-state index in [1.54, 1.807) is 29.1 Å². The van der Waals surface area contributed by atoms with Gasteiger partial charge in [0.1, 0.15) is 0 Å². The van der Waals surface area contributed by atoms with Crippen molar-refractivity contribution in [2.24, 2.45) is 5.73 Å². The number of halogens is 1. The zero-order valence-electron chi connectivity index (χ0n) is 16.7. The summed E-state index contributed by atoms with van der Waals surface area (Å²) in [7, 11) is 0. The van der Waals surface area contributed by atoms with Crippen LogP contribution in [0.15, 0.2) is 66.9 Å². The van der Waals surface area contributed by atoms with Crippen molar-refractivity contribution in [3.05, 3.63) is 83.0 Å². The molecule has 2 N–H and O–H groups in total. The lowest BCUT2D eigenvalue weighted by molar-refractivity contribution is -0.125.